The largest absolute Gasteiger partial charge is 0.398 e. The summed E-state index contributed by atoms with van der Waals surface area (Å²) in [4.78, 5) is 2.48. The van der Waals surface area contributed by atoms with Crippen molar-refractivity contribution in [1.82, 2.24) is 0 Å². The van der Waals surface area contributed by atoms with Crippen molar-refractivity contribution in [2.45, 2.75) is 37.6 Å². The molecule has 2 N–H and O–H groups in total. The molecule has 2 nitrogen and oxygen atoms in total. The highest BCUT2D eigenvalue weighted by Gasteiger charge is 2.43. The minimum Gasteiger partial charge on any atom is -0.398 e. The Bertz CT molecular complexity index is 392. The first-order chi connectivity index (χ1) is 7.23. The minimum atomic E-state index is 0.401. The van der Waals surface area contributed by atoms with Gasteiger partial charge in [-0.3, -0.25) is 0 Å². The van der Waals surface area contributed by atoms with Gasteiger partial charge in [0, 0.05) is 29.5 Å². The number of anilines is 2. The zero-order chi connectivity index (χ0) is 10.5. The van der Waals surface area contributed by atoms with Crippen LogP contribution in [0.1, 0.15) is 31.2 Å². The summed E-state index contributed by atoms with van der Waals surface area (Å²) in [6.45, 7) is 0. The average molecular weight is 202 g/mol. The van der Waals surface area contributed by atoms with E-state index in [1.165, 1.54) is 36.9 Å². The molecule has 2 aliphatic rings. The summed E-state index contributed by atoms with van der Waals surface area (Å²) in [7, 11) is 2.23. The van der Waals surface area contributed by atoms with Crippen molar-refractivity contribution in [3.63, 3.8) is 0 Å². The molecule has 0 amide bonds. The Labute approximate surface area is 91.1 Å². The van der Waals surface area contributed by atoms with Crippen LogP contribution in [0.25, 0.3) is 0 Å². The summed E-state index contributed by atoms with van der Waals surface area (Å²) in [5, 5.41) is 0. The third-order valence-electron chi connectivity index (χ3n) is 4.30. The van der Waals surface area contributed by atoms with E-state index in [1.807, 2.05) is 6.07 Å². The van der Waals surface area contributed by atoms with Crippen LogP contribution in [0.3, 0.4) is 0 Å². The lowest BCUT2D eigenvalue weighted by molar-refractivity contribution is 0.437. The van der Waals surface area contributed by atoms with Gasteiger partial charge in [0.1, 0.15) is 0 Å². The molecule has 1 fully saturated rings. The van der Waals surface area contributed by atoms with E-state index in [-0.39, 0.29) is 0 Å². The van der Waals surface area contributed by atoms with E-state index in [0.717, 1.165) is 12.1 Å². The SMILES string of the molecule is CN1c2cccc(N)c2CC12CCCC2. The van der Waals surface area contributed by atoms with Crippen LogP contribution in [0.5, 0.6) is 0 Å². The van der Waals surface area contributed by atoms with Gasteiger partial charge < -0.3 is 10.6 Å². The summed E-state index contributed by atoms with van der Waals surface area (Å²) in [6.07, 6.45) is 6.57. The molecule has 1 aromatic carbocycles. The van der Waals surface area contributed by atoms with E-state index in [9.17, 15) is 0 Å². The molecule has 0 saturated heterocycles. The van der Waals surface area contributed by atoms with Crippen LogP contribution in [-0.4, -0.2) is 12.6 Å². The Balaban J connectivity index is 2.08. The minimum absolute atomic E-state index is 0.401. The number of nitrogens with zero attached hydrogens (tertiary/aromatic N) is 1. The van der Waals surface area contributed by atoms with E-state index in [2.05, 4.69) is 24.1 Å². The molecule has 80 valence electrons. The van der Waals surface area contributed by atoms with Gasteiger partial charge in [-0.1, -0.05) is 18.9 Å². The molecule has 1 heterocycles. The lowest BCUT2D eigenvalue weighted by Crippen LogP contribution is -2.41. The van der Waals surface area contributed by atoms with Crippen molar-refractivity contribution in [3.05, 3.63) is 23.8 Å². The van der Waals surface area contributed by atoms with Crippen molar-refractivity contribution >= 4 is 11.4 Å². The van der Waals surface area contributed by atoms with E-state index in [0.29, 0.717) is 5.54 Å². The monoisotopic (exact) mass is 202 g/mol. The number of likely N-dealkylation sites (N-methyl/N-ethyl adjacent to an activating group) is 1. The van der Waals surface area contributed by atoms with E-state index in [4.69, 9.17) is 5.73 Å². The average Bonchev–Trinajstić information content (AvgIpc) is 2.79. The predicted molar refractivity (Wildman–Crippen MR) is 64.2 cm³/mol. The van der Waals surface area contributed by atoms with Gasteiger partial charge in [0.15, 0.2) is 0 Å². The van der Waals surface area contributed by atoms with Crippen LogP contribution in [0.15, 0.2) is 18.2 Å². The topological polar surface area (TPSA) is 29.3 Å². The van der Waals surface area contributed by atoms with Crippen molar-refractivity contribution < 1.29 is 0 Å². The molecular weight excluding hydrogens is 184 g/mol. The number of hydrogen-bond acceptors (Lipinski definition) is 2. The van der Waals surface area contributed by atoms with Crippen molar-refractivity contribution in [2.75, 3.05) is 17.7 Å². The highest BCUT2D eigenvalue weighted by molar-refractivity contribution is 5.70. The summed E-state index contributed by atoms with van der Waals surface area (Å²) in [6, 6.07) is 6.30. The molecule has 1 aromatic rings. The van der Waals surface area contributed by atoms with Crippen LogP contribution < -0.4 is 10.6 Å². The smallest absolute Gasteiger partial charge is 0.0441 e. The fourth-order valence-corrected chi connectivity index (χ4v) is 3.35. The lowest BCUT2D eigenvalue weighted by Gasteiger charge is -2.33. The molecule has 1 aliphatic carbocycles. The van der Waals surface area contributed by atoms with Crippen molar-refractivity contribution in [1.29, 1.82) is 0 Å². The van der Waals surface area contributed by atoms with Crippen LogP contribution in [0.2, 0.25) is 0 Å². The molecule has 0 aromatic heterocycles. The van der Waals surface area contributed by atoms with Crippen LogP contribution in [-0.2, 0) is 6.42 Å². The van der Waals surface area contributed by atoms with E-state index < -0.39 is 0 Å². The van der Waals surface area contributed by atoms with Gasteiger partial charge >= 0.3 is 0 Å². The number of fused-ring (bicyclic) bond motifs is 1. The Morgan fingerprint density at radius 3 is 2.67 bits per heavy atom. The molecule has 0 bridgehead atoms. The number of nitrogen functional groups attached to an aromatic ring is 1. The highest BCUT2D eigenvalue weighted by Crippen LogP contribution is 2.48. The Morgan fingerprint density at radius 2 is 2.00 bits per heavy atom. The third-order valence-corrected chi connectivity index (χ3v) is 4.30. The van der Waals surface area contributed by atoms with Crippen LogP contribution in [0, 0.1) is 0 Å². The van der Waals surface area contributed by atoms with Gasteiger partial charge in [0.25, 0.3) is 0 Å². The van der Waals surface area contributed by atoms with Gasteiger partial charge in [-0.15, -0.1) is 0 Å². The van der Waals surface area contributed by atoms with Gasteiger partial charge in [-0.25, -0.2) is 0 Å². The number of nitrogens with two attached hydrogens (primary N) is 1. The molecule has 1 spiro atoms. The molecule has 1 aliphatic heterocycles. The normalized spacial score (nSPS) is 22.3. The van der Waals surface area contributed by atoms with E-state index in [1.54, 1.807) is 0 Å². The Hall–Kier alpha value is -1.18. The number of rotatable bonds is 0. The quantitative estimate of drug-likeness (QED) is 0.655. The van der Waals surface area contributed by atoms with Gasteiger partial charge in [0.05, 0.1) is 0 Å². The van der Waals surface area contributed by atoms with Crippen molar-refractivity contribution in [3.8, 4) is 0 Å². The first kappa shape index (κ1) is 9.08. The molecule has 0 atom stereocenters. The second kappa shape index (κ2) is 2.91. The number of benzene rings is 1. The first-order valence-electron chi connectivity index (χ1n) is 5.84. The van der Waals surface area contributed by atoms with E-state index >= 15 is 0 Å². The number of hydrogen-bond donors (Lipinski definition) is 1. The summed E-state index contributed by atoms with van der Waals surface area (Å²) >= 11 is 0. The Kier molecular flexibility index (Phi) is 1.76. The molecule has 3 rings (SSSR count). The lowest BCUT2D eigenvalue weighted by atomic mass is 9.92. The molecule has 1 saturated carbocycles. The molecule has 0 unspecified atom stereocenters. The standard InChI is InChI=1S/C13H18N2/c1-15-12-6-4-5-11(14)10(12)9-13(15)7-2-3-8-13/h4-6H,2-3,7-9,14H2,1H3. The highest BCUT2D eigenvalue weighted by atomic mass is 15.2. The summed E-state index contributed by atoms with van der Waals surface area (Å²) in [5.41, 5.74) is 10.2. The zero-order valence-electron chi connectivity index (χ0n) is 9.29. The third kappa shape index (κ3) is 1.11. The molecular formula is C13H18N2. The summed E-state index contributed by atoms with van der Waals surface area (Å²) in [5.74, 6) is 0. The molecule has 15 heavy (non-hydrogen) atoms. The predicted octanol–water partition coefficient (Wildman–Crippen LogP) is 2.57. The fourth-order valence-electron chi connectivity index (χ4n) is 3.35. The maximum atomic E-state index is 6.06. The van der Waals surface area contributed by atoms with Gasteiger partial charge in [-0.2, -0.15) is 0 Å². The van der Waals surface area contributed by atoms with Gasteiger partial charge in [-0.05, 0) is 31.4 Å². The second-order valence-electron chi connectivity index (χ2n) is 5.01. The van der Waals surface area contributed by atoms with Gasteiger partial charge in [0.2, 0.25) is 0 Å². The molecule has 0 radical (unpaired) electrons. The Morgan fingerprint density at radius 1 is 1.27 bits per heavy atom. The van der Waals surface area contributed by atoms with Crippen molar-refractivity contribution in [2.24, 2.45) is 0 Å². The fraction of sp³-hybridized carbons (Fsp3) is 0.538. The maximum absolute atomic E-state index is 6.06. The summed E-state index contributed by atoms with van der Waals surface area (Å²) < 4.78 is 0. The maximum Gasteiger partial charge on any atom is 0.0441 e. The molecule has 2 heteroatoms. The van der Waals surface area contributed by atoms with Crippen LogP contribution in [0.4, 0.5) is 11.4 Å². The zero-order valence-corrected chi connectivity index (χ0v) is 9.29. The van der Waals surface area contributed by atoms with Crippen LogP contribution >= 0.6 is 0 Å². The first-order valence-corrected chi connectivity index (χ1v) is 5.84. The second-order valence-corrected chi connectivity index (χ2v) is 5.01.